The molecule has 1 atom stereocenters. The van der Waals surface area contributed by atoms with Gasteiger partial charge in [0, 0.05) is 37.6 Å². The number of hydrogen-bond donors (Lipinski definition) is 2. The summed E-state index contributed by atoms with van der Waals surface area (Å²) in [6, 6.07) is 12.2. The van der Waals surface area contributed by atoms with Gasteiger partial charge in [0.15, 0.2) is 5.82 Å². The smallest absolute Gasteiger partial charge is 0.271 e. The first kappa shape index (κ1) is 16.3. The molecule has 1 fully saturated rings. The van der Waals surface area contributed by atoms with Crippen molar-refractivity contribution < 1.29 is 4.79 Å². The summed E-state index contributed by atoms with van der Waals surface area (Å²) in [7, 11) is 0. The van der Waals surface area contributed by atoms with E-state index < -0.39 is 0 Å². The molecule has 7 heteroatoms. The summed E-state index contributed by atoms with van der Waals surface area (Å²) in [5, 5.41) is 10.6. The molecule has 3 aromatic rings. The van der Waals surface area contributed by atoms with Crippen LogP contribution < -0.4 is 10.2 Å². The van der Waals surface area contributed by atoms with Gasteiger partial charge in [-0.15, -0.1) is 0 Å². The molecule has 4 rings (SSSR count). The van der Waals surface area contributed by atoms with Crippen molar-refractivity contribution in [3.8, 4) is 11.3 Å². The predicted molar refractivity (Wildman–Crippen MR) is 98.8 cm³/mol. The Bertz CT molecular complexity index is 864. The Morgan fingerprint density at radius 2 is 2.12 bits per heavy atom. The maximum atomic E-state index is 12.3. The van der Waals surface area contributed by atoms with Crippen LogP contribution in [0.15, 0.2) is 55.0 Å². The number of piperidine rings is 1. The van der Waals surface area contributed by atoms with Crippen molar-refractivity contribution in [3.63, 3.8) is 0 Å². The van der Waals surface area contributed by atoms with E-state index in [-0.39, 0.29) is 11.9 Å². The van der Waals surface area contributed by atoms with Crippen molar-refractivity contribution in [2.24, 2.45) is 0 Å². The Hall–Kier alpha value is -3.22. The van der Waals surface area contributed by atoms with Gasteiger partial charge in [-0.05, 0) is 18.4 Å². The fourth-order valence-corrected chi connectivity index (χ4v) is 3.22. The average Bonchev–Trinajstić information content (AvgIpc) is 3.20. The number of carbonyl (C=O) groups is 1. The Kier molecular flexibility index (Phi) is 4.59. The minimum absolute atomic E-state index is 0.0649. The third-order valence-electron chi connectivity index (χ3n) is 4.53. The van der Waals surface area contributed by atoms with Gasteiger partial charge in [0.2, 0.25) is 0 Å². The lowest BCUT2D eigenvalue weighted by Crippen LogP contribution is -2.48. The van der Waals surface area contributed by atoms with Crippen LogP contribution in [0.1, 0.15) is 23.3 Å². The number of carbonyl (C=O) groups excluding carboxylic acids is 1. The van der Waals surface area contributed by atoms with Gasteiger partial charge in [0.05, 0.1) is 11.9 Å². The highest BCUT2D eigenvalue weighted by molar-refractivity contribution is 5.92. The molecule has 7 nitrogen and oxygen atoms in total. The van der Waals surface area contributed by atoms with E-state index in [2.05, 4.69) is 48.6 Å². The highest BCUT2D eigenvalue weighted by Crippen LogP contribution is 2.24. The van der Waals surface area contributed by atoms with Crippen LogP contribution >= 0.6 is 0 Å². The largest absolute Gasteiger partial charge is 0.353 e. The summed E-state index contributed by atoms with van der Waals surface area (Å²) in [4.78, 5) is 22.5. The summed E-state index contributed by atoms with van der Waals surface area (Å²) in [5.74, 6) is 0.722. The van der Waals surface area contributed by atoms with E-state index in [9.17, 15) is 4.79 Å². The molecule has 1 aliphatic rings. The molecule has 1 saturated heterocycles. The number of aromatic amines is 1. The van der Waals surface area contributed by atoms with Gasteiger partial charge in [-0.2, -0.15) is 5.10 Å². The molecule has 1 unspecified atom stereocenters. The van der Waals surface area contributed by atoms with Crippen molar-refractivity contribution in [3.05, 3.63) is 60.7 Å². The second-order valence-electron chi connectivity index (χ2n) is 6.36. The summed E-state index contributed by atoms with van der Waals surface area (Å²) >= 11 is 0. The molecule has 2 N–H and O–H groups in total. The maximum absolute atomic E-state index is 12.3. The topological polar surface area (TPSA) is 86.8 Å². The first-order valence-electron chi connectivity index (χ1n) is 8.72. The number of rotatable bonds is 4. The van der Waals surface area contributed by atoms with Gasteiger partial charge >= 0.3 is 0 Å². The standard InChI is InChI=1S/C19H20N6O/c26-19(17-12-20-8-9-21-17)22-15-7-4-10-25(13-15)18-11-16(23-24-18)14-5-2-1-3-6-14/h1-3,5-6,8-9,11-12,15H,4,7,10,13H2,(H,22,26)(H,23,24). The van der Waals surface area contributed by atoms with Crippen LogP contribution in [0.4, 0.5) is 5.82 Å². The molecule has 0 aliphatic carbocycles. The van der Waals surface area contributed by atoms with E-state index in [0.29, 0.717) is 5.69 Å². The summed E-state index contributed by atoms with van der Waals surface area (Å²) in [6.07, 6.45) is 6.51. The van der Waals surface area contributed by atoms with Crippen LogP contribution in [-0.2, 0) is 0 Å². The van der Waals surface area contributed by atoms with Crippen molar-refractivity contribution in [1.29, 1.82) is 0 Å². The van der Waals surface area contributed by atoms with E-state index in [1.54, 1.807) is 6.20 Å². The quantitative estimate of drug-likeness (QED) is 0.755. The summed E-state index contributed by atoms with van der Waals surface area (Å²) in [5.41, 5.74) is 2.44. The first-order valence-corrected chi connectivity index (χ1v) is 8.72. The minimum atomic E-state index is -0.183. The van der Waals surface area contributed by atoms with Crippen molar-refractivity contribution >= 4 is 11.7 Å². The number of anilines is 1. The van der Waals surface area contributed by atoms with Crippen LogP contribution in [0.25, 0.3) is 11.3 Å². The van der Waals surface area contributed by atoms with Gasteiger partial charge in [-0.1, -0.05) is 30.3 Å². The van der Waals surface area contributed by atoms with E-state index in [0.717, 1.165) is 43.0 Å². The first-order chi connectivity index (χ1) is 12.8. The predicted octanol–water partition coefficient (Wildman–Crippen LogP) is 2.27. The monoisotopic (exact) mass is 348 g/mol. The van der Waals surface area contributed by atoms with Gasteiger partial charge in [0.1, 0.15) is 5.69 Å². The number of nitrogens with zero attached hydrogens (tertiary/aromatic N) is 4. The van der Waals surface area contributed by atoms with Gasteiger partial charge in [-0.25, -0.2) is 4.98 Å². The molecule has 1 aromatic carbocycles. The zero-order chi connectivity index (χ0) is 17.8. The van der Waals surface area contributed by atoms with Crippen LogP contribution in [0.3, 0.4) is 0 Å². The number of amides is 1. The summed E-state index contributed by atoms with van der Waals surface area (Å²) < 4.78 is 0. The fourth-order valence-electron chi connectivity index (χ4n) is 3.22. The lowest BCUT2D eigenvalue weighted by molar-refractivity contribution is 0.0927. The second kappa shape index (κ2) is 7.35. The fraction of sp³-hybridized carbons (Fsp3) is 0.263. The van der Waals surface area contributed by atoms with E-state index in [4.69, 9.17) is 0 Å². The van der Waals surface area contributed by atoms with Gasteiger partial charge in [0.25, 0.3) is 5.91 Å². The Labute approximate surface area is 151 Å². The zero-order valence-electron chi connectivity index (χ0n) is 14.3. The molecule has 132 valence electrons. The molecule has 3 heterocycles. The van der Waals surface area contributed by atoms with Gasteiger partial charge in [-0.3, -0.25) is 14.9 Å². The molecule has 0 bridgehead atoms. The van der Waals surface area contributed by atoms with Crippen molar-refractivity contribution in [2.75, 3.05) is 18.0 Å². The molecule has 1 amide bonds. The van der Waals surface area contributed by atoms with E-state index in [1.165, 1.54) is 12.4 Å². The molecule has 0 spiro atoms. The maximum Gasteiger partial charge on any atom is 0.271 e. The number of benzene rings is 1. The van der Waals surface area contributed by atoms with E-state index >= 15 is 0 Å². The zero-order valence-corrected chi connectivity index (χ0v) is 14.3. The Balaban J connectivity index is 1.42. The third-order valence-corrected chi connectivity index (χ3v) is 4.53. The van der Waals surface area contributed by atoms with Crippen LogP contribution in [0.5, 0.6) is 0 Å². The normalized spacial score (nSPS) is 17.1. The van der Waals surface area contributed by atoms with Crippen LogP contribution in [-0.4, -0.2) is 45.2 Å². The average molecular weight is 348 g/mol. The Morgan fingerprint density at radius 1 is 1.23 bits per heavy atom. The van der Waals surface area contributed by atoms with Crippen molar-refractivity contribution in [2.45, 2.75) is 18.9 Å². The van der Waals surface area contributed by atoms with Crippen LogP contribution in [0.2, 0.25) is 0 Å². The molecular formula is C19H20N6O. The number of aromatic nitrogens is 4. The summed E-state index contributed by atoms with van der Waals surface area (Å²) in [6.45, 7) is 1.65. The minimum Gasteiger partial charge on any atom is -0.353 e. The molecule has 26 heavy (non-hydrogen) atoms. The van der Waals surface area contributed by atoms with Crippen molar-refractivity contribution in [1.82, 2.24) is 25.5 Å². The van der Waals surface area contributed by atoms with Gasteiger partial charge < -0.3 is 10.2 Å². The number of H-pyrrole nitrogens is 1. The second-order valence-corrected chi connectivity index (χ2v) is 6.36. The SMILES string of the molecule is O=C(NC1CCCN(c2cc(-c3ccccc3)[nH]n2)C1)c1cnccn1. The highest BCUT2D eigenvalue weighted by Gasteiger charge is 2.24. The third kappa shape index (κ3) is 3.56. The van der Waals surface area contributed by atoms with Crippen LogP contribution in [0, 0.1) is 0 Å². The number of hydrogen-bond acceptors (Lipinski definition) is 5. The lowest BCUT2D eigenvalue weighted by atomic mass is 10.1. The molecular weight excluding hydrogens is 328 g/mol. The Morgan fingerprint density at radius 3 is 2.92 bits per heavy atom. The lowest BCUT2D eigenvalue weighted by Gasteiger charge is -2.33. The molecule has 2 aromatic heterocycles. The molecule has 1 aliphatic heterocycles. The highest BCUT2D eigenvalue weighted by atomic mass is 16.2. The molecule has 0 saturated carbocycles. The van der Waals surface area contributed by atoms with E-state index in [1.807, 2.05) is 18.2 Å². The molecule has 0 radical (unpaired) electrons. The number of nitrogens with one attached hydrogen (secondary N) is 2.